The first kappa shape index (κ1) is 50.2. The lowest BCUT2D eigenvalue weighted by atomic mass is 9.95. The quantitative estimate of drug-likeness (QED) is 0.0208. The predicted molar refractivity (Wildman–Crippen MR) is 230 cm³/mol. The van der Waals surface area contributed by atoms with Crippen molar-refractivity contribution in [1.82, 2.24) is 0 Å². The Hall–Kier alpha value is -2.95. The number of aromatic hydroxyl groups is 2. The lowest BCUT2D eigenvalue weighted by molar-refractivity contribution is -0.315. The summed E-state index contributed by atoms with van der Waals surface area (Å²) < 4.78 is 17.6. The van der Waals surface area contributed by atoms with Crippen LogP contribution >= 0.6 is 0 Å². The molecule has 1 fully saturated rings. The van der Waals surface area contributed by atoms with Gasteiger partial charge in [0.25, 0.3) is 0 Å². The van der Waals surface area contributed by atoms with Gasteiger partial charge in [-0.1, -0.05) is 134 Å². The molecule has 324 valence electrons. The zero-order valence-corrected chi connectivity index (χ0v) is 35.5. The Morgan fingerprint density at radius 3 is 1.93 bits per heavy atom. The van der Waals surface area contributed by atoms with Crippen LogP contribution in [0.15, 0.2) is 66.8 Å². The van der Waals surface area contributed by atoms with E-state index in [1.807, 2.05) is 6.08 Å². The Labute approximate surface area is 344 Å². The summed E-state index contributed by atoms with van der Waals surface area (Å²) in [5.74, 6) is 0.00500. The second-order valence-electron chi connectivity index (χ2n) is 15.8. The first-order valence-corrected chi connectivity index (χ1v) is 22.3. The second-order valence-corrected chi connectivity index (χ2v) is 15.8. The normalized spacial score (nSPS) is 21.3. The third-order valence-corrected chi connectivity index (χ3v) is 10.8. The lowest BCUT2D eigenvalue weighted by Crippen LogP contribution is -2.60. The van der Waals surface area contributed by atoms with Crippen molar-refractivity contribution >= 4 is 5.97 Å². The van der Waals surface area contributed by atoms with Gasteiger partial charge < -0.3 is 39.7 Å². The number of aliphatic hydroxyl groups excluding tert-OH is 3. The second kappa shape index (κ2) is 32.0. The Morgan fingerprint density at radius 1 is 0.702 bits per heavy atom. The van der Waals surface area contributed by atoms with E-state index in [1.54, 1.807) is 12.1 Å². The third kappa shape index (κ3) is 23.3. The number of hydrogen-bond acceptors (Lipinski definition) is 9. The van der Waals surface area contributed by atoms with Gasteiger partial charge >= 0.3 is 5.97 Å². The minimum absolute atomic E-state index is 0.0809. The highest BCUT2D eigenvalue weighted by Crippen LogP contribution is 2.28. The molecule has 0 amide bonds. The minimum atomic E-state index is -1.48. The fraction of sp³-hybridized carbons (Fsp3) is 0.688. The van der Waals surface area contributed by atoms with E-state index >= 15 is 0 Å². The molecule has 2 rings (SSSR count). The van der Waals surface area contributed by atoms with Gasteiger partial charge in [-0.2, -0.15) is 0 Å². The Morgan fingerprint density at radius 2 is 1.28 bits per heavy atom. The van der Waals surface area contributed by atoms with E-state index in [0.717, 1.165) is 115 Å². The molecule has 0 aliphatic carbocycles. The first-order chi connectivity index (χ1) is 27.7. The molecule has 0 aromatic heterocycles. The maximum atomic E-state index is 12.5. The number of phenols is 2. The molecule has 5 N–H and O–H groups in total. The van der Waals surface area contributed by atoms with Crippen molar-refractivity contribution < 1.29 is 44.5 Å². The molecule has 1 heterocycles. The number of aryl methyl sites for hydroxylation is 1. The number of esters is 1. The van der Waals surface area contributed by atoms with Crippen molar-refractivity contribution in [3.05, 3.63) is 72.4 Å². The van der Waals surface area contributed by atoms with E-state index in [0.29, 0.717) is 6.42 Å². The molecule has 0 unspecified atom stereocenters. The van der Waals surface area contributed by atoms with Crippen LogP contribution < -0.4 is 0 Å². The number of ether oxygens (including phenoxy) is 3. The summed E-state index contributed by atoms with van der Waals surface area (Å²) in [5, 5.41) is 51.2. The van der Waals surface area contributed by atoms with Gasteiger partial charge in [0.1, 0.15) is 42.5 Å². The molecule has 57 heavy (non-hydrogen) atoms. The molecule has 9 heteroatoms. The third-order valence-electron chi connectivity index (χ3n) is 10.8. The molecule has 0 saturated carbocycles. The zero-order valence-electron chi connectivity index (χ0n) is 35.5. The number of allylic oxidation sites excluding steroid dienone is 8. The van der Waals surface area contributed by atoms with Gasteiger partial charge in [0.15, 0.2) is 6.29 Å². The molecule has 7 atom stereocenters. The first-order valence-electron chi connectivity index (χ1n) is 22.3. The highest BCUT2D eigenvalue weighted by Gasteiger charge is 2.45. The average Bonchev–Trinajstić information content (AvgIpc) is 3.19. The van der Waals surface area contributed by atoms with Gasteiger partial charge in [0.05, 0.1) is 6.10 Å². The molecule has 0 bridgehead atoms. The maximum Gasteiger partial charge on any atom is 0.305 e. The Balaban J connectivity index is 1.60. The van der Waals surface area contributed by atoms with Gasteiger partial charge in [-0.3, -0.25) is 4.79 Å². The number of carbonyl (C=O) groups is 1. The summed E-state index contributed by atoms with van der Waals surface area (Å²) in [4.78, 5) is 12.5. The molecule has 1 aromatic rings. The number of phenolic OH excluding ortho intramolecular Hbond substituents is 2. The molecular weight excluding hydrogens is 721 g/mol. The fourth-order valence-corrected chi connectivity index (χ4v) is 6.95. The van der Waals surface area contributed by atoms with Crippen LogP contribution in [0.25, 0.3) is 0 Å². The number of unbranched alkanes of at least 4 members (excludes halogenated alkanes) is 13. The van der Waals surface area contributed by atoms with E-state index in [2.05, 4.69) is 63.3 Å². The molecule has 1 aromatic carbocycles. The van der Waals surface area contributed by atoms with Gasteiger partial charge in [-0.05, 0) is 94.2 Å². The van der Waals surface area contributed by atoms with Gasteiger partial charge in [-0.15, -0.1) is 0 Å². The van der Waals surface area contributed by atoms with E-state index in [9.17, 15) is 30.3 Å². The van der Waals surface area contributed by atoms with Gasteiger partial charge in [0, 0.05) is 12.5 Å². The Bertz CT molecular complexity index is 1270. The van der Waals surface area contributed by atoms with Crippen molar-refractivity contribution in [2.45, 2.75) is 199 Å². The monoisotopic (exact) mass is 799 g/mol. The van der Waals surface area contributed by atoms with E-state index in [1.165, 1.54) is 31.7 Å². The largest absolute Gasteiger partial charge is 0.508 e. The van der Waals surface area contributed by atoms with Crippen molar-refractivity contribution in [3.63, 3.8) is 0 Å². The van der Waals surface area contributed by atoms with Crippen LogP contribution in [0.3, 0.4) is 0 Å². The lowest BCUT2D eigenvalue weighted by Gasteiger charge is -2.42. The van der Waals surface area contributed by atoms with Crippen LogP contribution in [-0.2, 0) is 25.4 Å². The van der Waals surface area contributed by atoms with Crippen LogP contribution in [0.1, 0.15) is 161 Å². The number of aliphatic hydroxyl groups is 3. The number of benzene rings is 1. The number of rotatable bonds is 32. The van der Waals surface area contributed by atoms with Crippen LogP contribution in [0.2, 0.25) is 0 Å². The van der Waals surface area contributed by atoms with E-state index < -0.39 is 30.7 Å². The van der Waals surface area contributed by atoms with Crippen LogP contribution in [-0.4, -0.2) is 74.9 Å². The topological polar surface area (TPSA) is 146 Å². The van der Waals surface area contributed by atoms with Crippen LogP contribution in [0.4, 0.5) is 0 Å². The molecule has 1 aliphatic rings. The van der Waals surface area contributed by atoms with Crippen LogP contribution in [0, 0.1) is 5.92 Å². The summed E-state index contributed by atoms with van der Waals surface area (Å²) in [7, 11) is 0. The Kier molecular flexibility index (Phi) is 28.2. The van der Waals surface area contributed by atoms with Crippen molar-refractivity contribution in [1.29, 1.82) is 0 Å². The van der Waals surface area contributed by atoms with Gasteiger partial charge in [0.2, 0.25) is 0 Å². The van der Waals surface area contributed by atoms with Gasteiger partial charge in [-0.25, -0.2) is 0 Å². The highest BCUT2D eigenvalue weighted by atomic mass is 16.7. The maximum absolute atomic E-state index is 12.5. The summed E-state index contributed by atoms with van der Waals surface area (Å²) in [6, 6.07) is 4.67. The summed E-state index contributed by atoms with van der Waals surface area (Å²) in [5.41, 5.74) is 0.906. The molecule has 9 nitrogen and oxygen atoms in total. The van der Waals surface area contributed by atoms with Crippen LogP contribution in [0.5, 0.6) is 11.5 Å². The molecule has 0 spiro atoms. The summed E-state index contributed by atoms with van der Waals surface area (Å²) in [6.07, 6.45) is 32.9. The predicted octanol–water partition coefficient (Wildman–Crippen LogP) is 10.5. The minimum Gasteiger partial charge on any atom is -0.508 e. The molecule has 0 radical (unpaired) electrons. The number of carbonyl (C=O) groups excluding carboxylic acids is 1. The smallest absolute Gasteiger partial charge is 0.305 e. The van der Waals surface area contributed by atoms with Crippen molar-refractivity contribution in [2.24, 2.45) is 5.92 Å². The SMILES string of the molecule is CCCCC/C=C\C/C=C\CCCCCCCC(=O)OC[C@H]1O[C@H](O[C@@H](CCCCCCC/C=C/C=C/CCc2cc(O)cc(O)c2)[C@@H](C)CC)[C@H](O)[C@@H](O)[C@@H]1O. The molecular formula is C48H78O9. The molecule has 1 aliphatic heterocycles. The average molecular weight is 799 g/mol. The fourth-order valence-electron chi connectivity index (χ4n) is 6.95. The standard InChI is InChI=1S/C48H78O9/c1-4-6-7-8-9-10-11-12-13-14-18-21-24-27-30-33-44(51)55-37-43-45(52)46(53)47(54)48(57-43)56-42(38(3)5-2)32-29-26-23-20-17-15-16-19-22-25-28-31-39-34-40(49)36-41(50)35-39/h9-10,12-13,16,19,22,25,34-36,38,42-43,45-50,52-54H,4-8,11,14-15,17-18,20-21,23-24,26-33,37H2,1-3H3/b10-9-,13-12-,19-16+,25-22+/t38-,42-,43+,45+,46-,47+,48-/m0/s1. The highest BCUT2D eigenvalue weighted by molar-refractivity contribution is 5.69. The summed E-state index contributed by atoms with van der Waals surface area (Å²) >= 11 is 0. The van der Waals surface area contributed by atoms with Crippen molar-refractivity contribution in [3.8, 4) is 11.5 Å². The van der Waals surface area contributed by atoms with E-state index in [-0.39, 0.29) is 36.1 Å². The summed E-state index contributed by atoms with van der Waals surface area (Å²) in [6.45, 7) is 6.22. The van der Waals surface area contributed by atoms with E-state index in [4.69, 9.17) is 14.2 Å². The zero-order chi connectivity index (χ0) is 41.5. The number of hydrogen-bond donors (Lipinski definition) is 5. The van der Waals surface area contributed by atoms with Crippen molar-refractivity contribution in [2.75, 3.05) is 6.61 Å². The molecule has 1 saturated heterocycles.